The predicted octanol–water partition coefficient (Wildman–Crippen LogP) is 4.32. The number of hydrogen-bond acceptors (Lipinski definition) is 5. The van der Waals surface area contributed by atoms with Gasteiger partial charge in [-0.2, -0.15) is 0 Å². The Morgan fingerprint density at radius 1 is 0.615 bits per heavy atom. The Labute approximate surface area is 227 Å². The largest absolute Gasteiger partial charge is 0.508 e. The summed E-state index contributed by atoms with van der Waals surface area (Å²) in [4.78, 5) is 39.0. The summed E-state index contributed by atoms with van der Waals surface area (Å²) in [5.41, 5.74) is 2.63. The van der Waals surface area contributed by atoms with Gasteiger partial charge in [0.2, 0.25) is 0 Å². The number of carbonyl (C=O) groups excluding carboxylic acids is 3. The lowest BCUT2D eigenvalue weighted by atomic mass is 10.0. The fourth-order valence-corrected chi connectivity index (χ4v) is 4.08. The number of amides is 2. The molecule has 4 rings (SSSR count). The first kappa shape index (κ1) is 27.1. The van der Waals surface area contributed by atoms with Gasteiger partial charge in [-0.25, -0.2) is 4.79 Å². The second kappa shape index (κ2) is 13.6. The van der Waals surface area contributed by atoms with Crippen LogP contribution in [0.2, 0.25) is 0 Å². The fourth-order valence-electron chi connectivity index (χ4n) is 4.08. The molecule has 198 valence electrons. The van der Waals surface area contributed by atoms with E-state index in [1.54, 1.807) is 66.7 Å². The highest BCUT2D eigenvalue weighted by molar-refractivity contribution is 5.97. The summed E-state index contributed by atoms with van der Waals surface area (Å²) in [5, 5.41) is 15.4. The minimum absolute atomic E-state index is 0.0837. The van der Waals surface area contributed by atoms with E-state index in [4.69, 9.17) is 4.74 Å². The van der Waals surface area contributed by atoms with Crippen LogP contribution in [-0.4, -0.2) is 41.6 Å². The predicted molar refractivity (Wildman–Crippen MR) is 148 cm³/mol. The summed E-state index contributed by atoms with van der Waals surface area (Å²) >= 11 is 0. The molecule has 0 heterocycles. The van der Waals surface area contributed by atoms with E-state index in [0.717, 1.165) is 11.1 Å². The van der Waals surface area contributed by atoms with Crippen LogP contribution in [0.15, 0.2) is 115 Å². The topological polar surface area (TPSA) is 105 Å². The second-order valence-corrected chi connectivity index (χ2v) is 9.12. The van der Waals surface area contributed by atoms with E-state index in [9.17, 15) is 19.5 Å². The van der Waals surface area contributed by atoms with E-state index in [1.807, 2.05) is 36.4 Å². The zero-order valence-corrected chi connectivity index (χ0v) is 21.3. The molecule has 4 aromatic carbocycles. The summed E-state index contributed by atoms with van der Waals surface area (Å²) < 4.78 is 5.69. The first-order valence-electron chi connectivity index (χ1n) is 12.7. The molecule has 0 saturated heterocycles. The summed E-state index contributed by atoms with van der Waals surface area (Å²) in [6, 6.07) is 32.0. The van der Waals surface area contributed by atoms with Gasteiger partial charge < -0.3 is 20.5 Å². The van der Waals surface area contributed by atoms with Crippen molar-refractivity contribution in [3.05, 3.63) is 138 Å². The van der Waals surface area contributed by atoms with Crippen LogP contribution in [0.3, 0.4) is 0 Å². The molecule has 0 aliphatic heterocycles. The molecule has 0 saturated carbocycles. The SMILES string of the molecule is O=C(N[C@@H](COC(=O)[C@@H](Cc1ccc(O)cc1)NC(=O)c1ccccc1)Cc1ccccc1)c1ccccc1. The van der Waals surface area contributed by atoms with Gasteiger partial charge in [-0.3, -0.25) is 9.59 Å². The van der Waals surface area contributed by atoms with Crippen LogP contribution in [0.25, 0.3) is 0 Å². The van der Waals surface area contributed by atoms with Crippen molar-refractivity contribution < 1.29 is 24.2 Å². The Hall–Kier alpha value is -4.91. The van der Waals surface area contributed by atoms with Gasteiger partial charge in [-0.15, -0.1) is 0 Å². The fraction of sp³-hybridized carbons (Fsp3) is 0.156. The van der Waals surface area contributed by atoms with Gasteiger partial charge in [0.1, 0.15) is 18.4 Å². The molecule has 7 nitrogen and oxygen atoms in total. The number of nitrogens with one attached hydrogen (secondary N) is 2. The van der Waals surface area contributed by atoms with E-state index < -0.39 is 24.0 Å². The molecule has 0 unspecified atom stereocenters. The van der Waals surface area contributed by atoms with Crippen LogP contribution in [0, 0.1) is 0 Å². The molecule has 2 amide bonds. The molecule has 0 fully saturated rings. The molecule has 0 radical (unpaired) electrons. The van der Waals surface area contributed by atoms with E-state index in [2.05, 4.69) is 10.6 Å². The van der Waals surface area contributed by atoms with Gasteiger partial charge in [-0.05, 0) is 53.9 Å². The van der Waals surface area contributed by atoms with E-state index in [-0.39, 0.29) is 24.7 Å². The molecule has 0 bridgehead atoms. The lowest BCUT2D eigenvalue weighted by Gasteiger charge is -2.22. The van der Waals surface area contributed by atoms with Crippen LogP contribution in [0.4, 0.5) is 0 Å². The summed E-state index contributed by atoms with van der Waals surface area (Å²) in [7, 11) is 0. The molecule has 0 aliphatic carbocycles. The van der Waals surface area contributed by atoms with Gasteiger partial charge in [0.15, 0.2) is 0 Å². The van der Waals surface area contributed by atoms with Crippen molar-refractivity contribution in [2.24, 2.45) is 0 Å². The minimum Gasteiger partial charge on any atom is -0.508 e. The third-order valence-electron chi connectivity index (χ3n) is 6.12. The second-order valence-electron chi connectivity index (χ2n) is 9.12. The monoisotopic (exact) mass is 522 g/mol. The van der Waals surface area contributed by atoms with Crippen LogP contribution >= 0.6 is 0 Å². The number of phenols is 1. The lowest BCUT2D eigenvalue weighted by molar-refractivity contribution is -0.146. The highest BCUT2D eigenvalue weighted by Gasteiger charge is 2.25. The average Bonchev–Trinajstić information content (AvgIpc) is 2.98. The minimum atomic E-state index is -0.982. The lowest BCUT2D eigenvalue weighted by Crippen LogP contribution is -2.46. The maximum atomic E-state index is 13.3. The molecule has 3 N–H and O–H groups in total. The third-order valence-corrected chi connectivity index (χ3v) is 6.12. The maximum absolute atomic E-state index is 13.3. The van der Waals surface area contributed by atoms with Gasteiger partial charge >= 0.3 is 5.97 Å². The molecule has 2 atom stereocenters. The van der Waals surface area contributed by atoms with Crippen molar-refractivity contribution in [2.45, 2.75) is 24.9 Å². The number of carbonyl (C=O) groups is 3. The van der Waals surface area contributed by atoms with Gasteiger partial charge in [-0.1, -0.05) is 78.9 Å². The van der Waals surface area contributed by atoms with Crippen LogP contribution in [-0.2, 0) is 22.4 Å². The molecule has 39 heavy (non-hydrogen) atoms. The van der Waals surface area contributed by atoms with Gasteiger partial charge in [0, 0.05) is 17.5 Å². The Balaban J connectivity index is 1.48. The first-order chi connectivity index (χ1) is 19.0. The molecular formula is C32H30N2O5. The van der Waals surface area contributed by atoms with E-state index in [0.29, 0.717) is 17.5 Å². The normalized spacial score (nSPS) is 12.1. The molecular weight excluding hydrogens is 492 g/mol. The zero-order chi connectivity index (χ0) is 27.5. The highest BCUT2D eigenvalue weighted by atomic mass is 16.5. The van der Waals surface area contributed by atoms with Crippen molar-refractivity contribution >= 4 is 17.8 Å². The smallest absolute Gasteiger partial charge is 0.329 e. The van der Waals surface area contributed by atoms with Crippen LogP contribution in [0.1, 0.15) is 31.8 Å². The Morgan fingerprint density at radius 2 is 1.10 bits per heavy atom. The summed E-state index contributed by atoms with van der Waals surface area (Å²) in [6.07, 6.45) is 0.614. The summed E-state index contributed by atoms with van der Waals surface area (Å²) in [6.45, 7) is -0.0837. The number of ether oxygens (including phenoxy) is 1. The Bertz CT molecular complexity index is 1360. The highest BCUT2D eigenvalue weighted by Crippen LogP contribution is 2.13. The van der Waals surface area contributed by atoms with Crippen LogP contribution in [0.5, 0.6) is 5.75 Å². The standard InChI is InChI=1S/C32H30N2O5/c35-28-18-16-24(17-19-28)21-29(34-31(37)26-14-8-3-9-15-26)32(38)39-22-27(20-23-10-4-1-5-11-23)33-30(36)25-12-6-2-7-13-25/h1-19,27,29,35H,20-22H2,(H,33,36)(H,34,37)/t27-,29-/m1/s1. The van der Waals surface area contributed by atoms with Crippen molar-refractivity contribution in [3.8, 4) is 5.75 Å². The molecule has 7 heteroatoms. The quantitative estimate of drug-likeness (QED) is 0.255. The number of benzene rings is 4. The van der Waals surface area contributed by atoms with Crippen molar-refractivity contribution in [1.29, 1.82) is 0 Å². The maximum Gasteiger partial charge on any atom is 0.329 e. The van der Waals surface area contributed by atoms with Crippen molar-refractivity contribution in [3.63, 3.8) is 0 Å². The summed E-state index contributed by atoms with van der Waals surface area (Å²) in [5.74, 6) is -1.20. The van der Waals surface area contributed by atoms with Gasteiger partial charge in [0.25, 0.3) is 11.8 Å². The third kappa shape index (κ3) is 8.30. The van der Waals surface area contributed by atoms with Crippen LogP contribution < -0.4 is 10.6 Å². The molecule has 4 aromatic rings. The van der Waals surface area contributed by atoms with E-state index >= 15 is 0 Å². The van der Waals surface area contributed by atoms with Crippen molar-refractivity contribution in [2.75, 3.05) is 6.61 Å². The van der Waals surface area contributed by atoms with E-state index in [1.165, 1.54) is 12.1 Å². The number of aromatic hydroxyl groups is 1. The average molecular weight is 523 g/mol. The Morgan fingerprint density at radius 3 is 1.67 bits per heavy atom. The number of esters is 1. The molecule has 0 spiro atoms. The Kier molecular flexibility index (Phi) is 9.45. The zero-order valence-electron chi connectivity index (χ0n) is 21.3. The number of phenolic OH excluding ortho intramolecular Hbond substituents is 1. The number of hydrogen-bond donors (Lipinski definition) is 3. The van der Waals surface area contributed by atoms with Gasteiger partial charge in [0.05, 0.1) is 6.04 Å². The van der Waals surface area contributed by atoms with Crippen molar-refractivity contribution in [1.82, 2.24) is 10.6 Å². The molecule has 0 aromatic heterocycles. The molecule has 0 aliphatic rings. The number of rotatable bonds is 11. The first-order valence-corrected chi connectivity index (χ1v) is 12.7.